The third kappa shape index (κ3) is 9.71. The molecule has 0 spiro atoms. The fraction of sp³-hybridized carbons (Fsp3) is 0.533. The van der Waals surface area contributed by atoms with Crippen LogP contribution in [-0.2, 0) is 6.42 Å². The molecule has 6 nitrogen and oxygen atoms in total. The zero-order valence-electron chi connectivity index (χ0n) is 23.3. The molecule has 8 heteroatoms. The van der Waals surface area contributed by atoms with Crippen LogP contribution in [0.3, 0.4) is 0 Å². The Morgan fingerprint density at radius 2 is 1.61 bits per heavy atom. The Morgan fingerprint density at radius 3 is 2.21 bits per heavy atom. The van der Waals surface area contributed by atoms with Crippen LogP contribution < -0.4 is 5.32 Å². The van der Waals surface area contributed by atoms with Crippen LogP contribution >= 0.6 is 11.8 Å². The van der Waals surface area contributed by atoms with Crippen LogP contribution in [0.5, 0.6) is 0 Å². The van der Waals surface area contributed by atoms with E-state index < -0.39 is 30.0 Å². The number of aryl methyl sites for hydroxylation is 2. The number of nitrogens with zero attached hydrogens (tertiary/aromatic N) is 1. The third-order valence-electron chi connectivity index (χ3n) is 6.39. The van der Waals surface area contributed by atoms with Gasteiger partial charge in [0, 0.05) is 24.2 Å². The van der Waals surface area contributed by atoms with Crippen LogP contribution in [0.1, 0.15) is 76.9 Å². The van der Waals surface area contributed by atoms with Crippen molar-refractivity contribution in [2.45, 2.75) is 78.0 Å². The summed E-state index contributed by atoms with van der Waals surface area (Å²) in [7, 11) is 0. The standard InChI is InChI=1S/C30H43FN2O4S/c1-6-10-33(11-7-2)30(37)24-15-21(4)14-23(19-24)29(36)32-26(28(35)27(34)9-8-12-38-5)18-22-13-20(3)16-25(31)17-22/h13-17,19,26-28,34-35H,6-12,18H2,1-5H3,(H,32,36). The molecule has 3 atom stereocenters. The summed E-state index contributed by atoms with van der Waals surface area (Å²) in [5.74, 6) is -0.140. The smallest absolute Gasteiger partial charge is 0.253 e. The second kappa shape index (κ2) is 15.9. The number of aliphatic hydroxyl groups is 2. The predicted octanol–water partition coefficient (Wildman–Crippen LogP) is 4.91. The first-order chi connectivity index (χ1) is 18.1. The van der Waals surface area contributed by atoms with Crippen LogP contribution in [0.25, 0.3) is 0 Å². The van der Waals surface area contributed by atoms with E-state index in [4.69, 9.17) is 0 Å². The molecule has 0 aliphatic carbocycles. The number of thioether (sulfide) groups is 1. The van der Waals surface area contributed by atoms with Crippen molar-refractivity contribution in [3.63, 3.8) is 0 Å². The Hall–Kier alpha value is -2.42. The van der Waals surface area contributed by atoms with Gasteiger partial charge in [0.2, 0.25) is 0 Å². The molecule has 0 aromatic heterocycles. The maximum Gasteiger partial charge on any atom is 0.253 e. The first-order valence-corrected chi connectivity index (χ1v) is 14.8. The van der Waals surface area contributed by atoms with E-state index in [0.29, 0.717) is 42.6 Å². The lowest BCUT2D eigenvalue weighted by atomic mass is 9.94. The summed E-state index contributed by atoms with van der Waals surface area (Å²) in [6.45, 7) is 8.92. The van der Waals surface area contributed by atoms with Gasteiger partial charge in [-0.3, -0.25) is 9.59 Å². The van der Waals surface area contributed by atoms with Crippen molar-refractivity contribution in [2.75, 3.05) is 25.1 Å². The minimum atomic E-state index is -1.25. The van der Waals surface area contributed by atoms with Gasteiger partial charge in [0.05, 0.1) is 12.1 Å². The largest absolute Gasteiger partial charge is 0.390 e. The number of rotatable bonds is 15. The van der Waals surface area contributed by atoms with E-state index in [1.165, 1.54) is 12.1 Å². The molecule has 3 unspecified atom stereocenters. The maximum absolute atomic E-state index is 14.1. The summed E-state index contributed by atoms with van der Waals surface area (Å²) >= 11 is 1.66. The van der Waals surface area contributed by atoms with E-state index in [9.17, 15) is 24.2 Å². The van der Waals surface area contributed by atoms with Gasteiger partial charge < -0.3 is 20.4 Å². The molecule has 2 aromatic rings. The van der Waals surface area contributed by atoms with E-state index in [0.717, 1.165) is 29.7 Å². The number of amides is 2. The number of hydrogen-bond donors (Lipinski definition) is 3. The number of nitrogens with one attached hydrogen (secondary N) is 1. The van der Waals surface area contributed by atoms with Crippen molar-refractivity contribution in [2.24, 2.45) is 0 Å². The van der Waals surface area contributed by atoms with Crippen molar-refractivity contribution in [3.8, 4) is 0 Å². The van der Waals surface area contributed by atoms with Crippen LogP contribution in [0.4, 0.5) is 4.39 Å². The molecule has 0 saturated carbocycles. The van der Waals surface area contributed by atoms with Gasteiger partial charge in [-0.25, -0.2) is 4.39 Å². The number of hydrogen-bond acceptors (Lipinski definition) is 5. The average Bonchev–Trinajstić information content (AvgIpc) is 2.86. The van der Waals surface area contributed by atoms with Gasteiger partial charge in [0.1, 0.15) is 11.9 Å². The molecule has 2 rings (SSSR count). The molecule has 210 valence electrons. The molecule has 0 heterocycles. The summed E-state index contributed by atoms with van der Waals surface area (Å²) in [5.41, 5.74) is 2.84. The Balaban J connectivity index is 2.33. The van der Waals surface area contributed by atoms with Gasteiger partial charge in [-0.1, -0.05) is 19.9 Å². The van der Waals surface area contributed by atoms with Crippen LogP contribution in [0.2, 0.25) is 0 Å². The van der Waals surface area contributed by atoms with E-state index in [1.807, 2.05) is 27.0 Å². The Morgan fingerprint density at radius 1 is 0.974 bits per heavy atom. The van der Waals surface area contributed by atoms with Crippen LogP contribution in [0, 0.1) is 19.7 Å². The summed E-state index contributed by atoms with van der Waals surface area (Å²) in [6.07, 6.45) is 2.59. The summed E-state index contributed by atoms with van der Waals surface area (Å²) in [5, 5.41) is 24.6. The number of halogens is 1. The summed E-state index contributed by atoms with van der Waals surface area (Å²) in [6, 6.07) is 8.77. The zero-order chi connectivity index (χ0) is 28.2. The van der Waals surface area contributed by atoms with Gasteiger partial charge in [0.25, 0.3) is 11.8 Å². The molecule has 2 amide bonds. The number of benzene rings is 2. The van der Waals surface area contributed by atoms with Crippen molar-refractivity contribution >= 4 is 23.6 Å². The Kier molecular flexibility index (Phi) is 13.3. The van der Waals surface area contributed by atoms with Gasteiger partial charge in [-0.2, -0.15) is 11.8 Å². The van der Waals surface area contributed by atoms with Crippen LogP contribution in [-0.4, -0.2) is 70.3 Å². The first-order valence-electron chi connectivity index (χ1n) is 13.4. The molecule has 0 radical (unpaired) electrons. The molecular formula is C30H43FN2O4S. The second-order valence-corrected chi connectivity index (χ2v) is 11.0. The number of aliphatic hydroxyl groups excluding tert-OH is 2. The molecular weight excluding hydrogens is 503 g/mol. The highest BCUT2D eigenvalue weighted by molar-refractivity contribution is 7.98. The lowest BCUT2D eigenvalue weighted by Gasteiger charge is -2.28. The van der Waals surface area contributed by atoms with Gasteiger partial charge in [-0.15, -0.1) is 0 Å². The fourth-order valence-corrected chi connectivity index (χ4v) is 5.10. The van der Waals surface area contributed by atoms with E-state index in [2.05, 4.69) is 5.32 Å². The van der Waals surface area contributed by atoms with Gasteiger partial charge >= 0.3 is 0 Å². The van der Waals surface area contributed by atoms with Crippen molar-refractivity contribution < 1.29 is 24.2 Å². The van der Waals surface area contributed by atoms with Crippen LogP contribution in [0.15, 0.2) is 36.4 Å². The minimum absolute atomic E-state index is 0.123. The average molecular weight is 547 g/mol. The highest BCUT2D eigenvalue weighted by Gasteiger charge is 2.29. The first kappa shape index (κ1) is 31.8. The zero-order valence-corrected chi connectivity index (χ0v) is 24.1. The maximum atomic E-state index is 14.1. The number of carbonyl (C=O) groups is 2. The van der Waals surface area contributed by atoms with E-state index >= 15 is 0 Å². The van der Waals surface area contributed by atoms with E-state index in [-0.39, 0.29) is 12.3 Å². The molecule has 38 heavy (non-hydrogen) atoms. The molecule has 0 bridgehead atoms. The summed E-state index contributed by atoms with van der Waals surface area (Å²) in [4.78, 5) is 28.4. The minimum Gasteiger partial charge on any atom is -0.390 e. The monoisotopic (exact) mass is 546 g/mol. The lowest BCUT2D eigenvalue weighted by Crippen LogP contribution is -2.50. The van der Waals surface area contributed by atoms with Gasteiger partial charge in [-0.05, 0) is 105 Å². The molecule has 0 fully saturated rings. The Labute approximate surface area is 231 Å². The topological polar surface area (TPSA) is 89.9 Å². The van der Waals surface area contributed by atoms with Crippen molar-refractivity contribution in [1.29, 1.82) is 0 Å². The predicted molar refractivity (Wildman–Crippen MR) is 153 cm³/mol. The Bertz CT molecular complexity index is 1040. The third-order valence-corrected chi connectivity index (χ3v) is 7.09. The fourth-order valence-electron chi connectivity index (χ4n) is 4.64. The highest BCUT2D eigenvalue weighted by Crippen LogP contribution is 2.18. The highest BCUT2D eigenvalue weighted by atomic mass is 32.2. The molecule has 0 aliphatic rings. The lowest BCUT2D eigenvalue weighted by molar-refractivity contribution is -0.00732. The quantitative estimate of drug-likeness (QED) is 0.276. The molecule has 0 saturated heterocycles. The normalized spacial score (nSPS) is 13.6. The molecule has 2 aromatic carbocycles. The SMILES string of the molecule is CCCN(CCC)C(=O)c1cc(C)cc(C(=O)NC(Cc2cc(C)cc(F)c2)C(O)C(O)CCCSC)c1. The van der Waals surface area contributed by atoms with Crippen molar-refractivity contribution in [1.82, 2.24) is 10.2 Å². The van der Waals surface area contributed by atoms with E-state index in [1.54, 1.807) is 47.9 Å². The number of carbonyl (C=O) groups excluding carboxylic acids is 2. The van der Waals surface area contributed by atoms with Crippen molar-refractivity contribution in [3.05, 3.63) is 70.0 Å². The summed E-state index contributed by atoms with van der Waals surface area (Å²) < 4.78 is 14.1. The van der Waals surface area contributed by atoms with Gasteiger partial charge in [0.15, 0.2) is 0 Å². The molecule has 0 aliphatic heterocycles. The second-order valence-electron chi connectivity index (χ2n) is 9.99. The molecule has 3 N–H and O–H groups in total.